The SMILES string of the molecule is COc1ccc(CN(C)C(=O)c2cccc(NC(=O)c3cccnc3)c2)c(OC)c1. The first kappa shape index (κ1) is 20.9. The van der Waals surface area contributed by atoms with Crippen LogP contribution in [0.5, 0.6) is 11.5 Å². The molecule has 7 heteroatoms. The number of nitrogens with one attached hydrogen (secondary N) is 1. The Morgan fingerprint density at radius 2 is 1.80 bits per heavy atom. The number of nitrogens with zero attached hydrogens (tertiary/aromatic N) is 2. The zero-order valence-corrected chi connectivity index (χ0v) is 17.1. The molecule has 0 saturated carbocycles. The highest BCUT2D eigenvalue weighted by Gasteiger charge is 2.16. The number of anilines is 1. The van der Waals surface area contributed by atoms with Gasteiger partial charge in [0.25, 0.3) is 11.8 Å². The number of hydrogen-bond acceptors (Lipinski definition) is 5. The molecule has 0 spiro atoms. The summed E-state index contributed by atoms with van der Waals surface area (Å²) in [5, 5.41) is 2.79. The molecule has 0 radical (unpaired) electrons. The van der Waals surface area contributed by atoms with Crippen LogP contribution < -0.4 is 14.8 Å². The number of benzene rings is 2. The molecule has 2 aromatic carbocycles. The number of hydrogen-bond donors (Lipinski definition) is 1. The van der Waals surface area contributed by atoms with Crippen LogP contribution in [0.25, 0.3) is 0 Å². The second kappa shape index (κ2) is 9.56. The number of amides is 2. The lowest BCUT2D eigenvalue weighted by Crippen LogP contribution is -2.26. The molecule has 7 nitrogen and oxygen atoms in total. The Labute approximate surface area is 175 Å². The van der Waals surface area contributed by atoms with E-state index in [1.54, 1.807) is 74.8 Å². The second-order valence-corrected chi connectivity index (χ2v) is 6.62. The van der Waals surface area contributed by atoms with Gasteiger partial charge in [0.2, 0.25) is 0 Å². The van der Waals surface area contributed by atoms with E-state index in [0.717, 1.165) is 5.56 Å². The van der Waals surface area contributed by atoms with Gasteiger partial charge in [-0.2, -0.15) is 0 Å². The third-order valence-corrected chi connectivity index (χ3v) is 4.54. The van der Waals surface area contributed by atoms with Gasteiger partial charge in [0.05, 0.1) is 19.8 Å². The first-order valence-corrected chi connectivity index (χ1v) is 9.29. The van der Waals surface area contributed by atoms with Gasteiger partial charge in [-0.05, 0) is 42.5 Å². The van der Waals surface area contributed by atoms with Crippen LogP contribution in [0.3, 0.4) is 0 Å². The van der Waals surface area contributed by atoms with Crippen molar-refractivity contribution >= 4 is 17.5 Å². The van der Waals surface area contributed by atoms with Crippen molar-refractivity contribution in [2.45, 2.75) is 6.54 Å². The topological polar surface area (TPSA) is 80.8 Å². The quantitative estimate of drug-likeness (QED) is 0.649. The molecular formula is C23H23N3O4. The van der Waals surface area contributed by atoms with Crippen molar-refractivity contribution in [3.63, 3.8) is 0 Å². The van der Waals surface area contributed by atoms with Gasteiger partial charge in [0.1, 0.15) is 11.5 Å². The zero-order valence-electron chi connectivity index (χ0n) is 17.1. The van der Waals surface area contributed by atoms with E-state index in [1.165, 1.54) is 6.20 Å². The van der Waals surface area contributed by atoms with E-state index in [-0.39, 0.29) is 11.8 Å². The van der Waals surface area contributed by atoms with Crippen molar-refractivity contribution < 1.29 is 19.1 Å². The molecule has 0 bridgehead atoms. The predicted octanol–water partition coefficient (Wildman–Crippen LogP) is 3.62. The molecule has 0 atom stereocenters. The molecule has 3 aromatic rings. The summed E-state index contributed by atoms with van der Waals surface area (Å²) in [4.78, 5) is 30.8. The average molecular weight is 405 g/mol. The van der Waals surface area contributed by atoms with Crippen molar-refractivity contribution in [1.82, 2.24) is 9.88 Å². The Hall–Kier alpha value is -3.87. The van der Waals surface area contributed by atoms with Crippen molar-refractivity contribution in [3.8, 4) is 11.5 Å². The minimum Gasteiger partial charge on any atom is -0.497 e. The summed E-state index contributed by atoms with van der Waals surface area (Å²) in [6.07, 6.45) is 3.09. The molecule has 0 unspecified atom stereocenters. The summed E-state index contributed by atoms with van der Waals surface area (Å²) in [7, 11) is 4.88. The monoisotopic (exact) mass is 405 g/mol. The van der Waals surface area contributed by atoms with E-state index in [4.69, 9.17) is 9.47 Å². The summed E-state index contributed by atoms with van der Waals surface area (Å²) in [5.41, 5.74) is 2.30. The molecule has 3 rings (SSSR count). The lowest BCUT2D eigenvalue weighted by molar-refractivity contribution is 0.0784. The fraction of sp³-hybridized carbons (Fsp3) is 0.174. The second-order valence-electron chi connectivity index (χ2n) is 6.62. The third-order valence-electron chi connectivity index (χ3n) is 4.54. The van der Waals surface area contributed by atoms with Crippen LogP contribution in [0.4, 0.5) is 5.69 Å². The largest absolute Gasteiger partial charge is 0.497 e. The Morgan fingerprint density at radius 3 is 2.50 bits per heavy atom. The van der Waals surface area contributed by atoms with Crippen molar-refractivity contribution in [2.75, 3.05) is 26.6 Å². The summed E-state index contributed by atoms with van der Waals surface area (Å²) < 4.78 is 10.6. The summed E-state index contributed by atoms with van der Waals surface area (Å²) >= 11 is 0. The van der Waals surface area contributed by atoms with Crippen LogP contribution in [0.1, 0.15) is 26.3 Å². The van der Waals surface area contributed by atoms with Crippen LogP contribution in [-0.4, -0.2) is 43.0 Å². The first-order valence-electron chi connectivity index (χ1n) is 9.29. The minimum atomic E-state index is -0.288. The summed E-state index contributed by atoms with van der Waals surface area (Å²) in [6.45, 7) is 0.359. The molecule has 1 N–H and O–H groups in total. The Kier molecular flexibility index (Phi) is 6.64. The van der Waals surface area contributed by atoms with Gasteiger partial charge in [0.15, 0.2) is 0 Å². The molecule has 0 aliphatic carbocycles. The highest BCUT2D eigenvalue weighted by atomic mass is 16.5. The van der Waals surface area contributed by atoms with Gasteiger partial charge >= 0.3 is 0 Å². The third kappa shape index (κ3) is 4.94. The molecule has 2 amide bonds. The summed E-state index contributed by atoms with van der Waals surface area (Å²) in [6, 6.07) is 15.7. The summed E-state index contributed by atoms with van der Waals surface area (Å²) in [5.74, 6) is 0.863. The fourth-order valence-electron chi connectivity index (χ4n) is 2.96. The van der Waals surface area contributed by atoms with E-state index in [2.05, 4.69) is 10.3 Å². The van der Waals surface area contributed by atoms with E-state index < -0.39 is 0 Å². The Morgan fingerprint density at radius 1 is 1.00 bits per heavy atom. The van der Waals surface area contributed by atoms with Crippen molar-refractivity contribution in [2.24, 2.45) is 0 Å². The van der Waals surface area contributed by atoms with Crippen LogP contribution in [0.2, 0.25) is 0 Å². The van der Waals surface area contributed by atoms with Gasteiger partial charge < -0.3 is 19.7 Å². The zero-order chi connectivity index (χ0) is 21.5. The highest BCUT2D eigenvalue weighted by Crippen LogP contribution is 2.26. The molecule has 1 aromatic heterocycles. The number of ether oxygens (including phenoxy) is 2. The van der Waals surface area contributed by atoms with Gasteiger partial charge in [-0.1, -0.05) is 6.07 Å². The van der Waals surface area contributed by atoms with Crippen molar-refractivity contribution in [3.05, 3.63) is 83.7 Å². The van der Waals surface area contributed by atoms with E-state index in [9.17, 15) is 9.59 Å². The highest BCUT2D eigenvalue weighted by molar-refractivity contribution is 6.04. The normalized spacial score (nSPS) is 10.2. The van der Waals surface area contributed by atoms with Crippen LogP contribution in [0.15, 0.2) is 67.0 Å². The molecule has 0 aliphatic rings. The van der Waals surface area contributed by atoms with E-state index >= 15 is 0 Å². The van der Waals surface area contributed by atoms with Crippen molar-refractivity contribution in [1.29, 1.82) is 0 Å². The standard InChI is InChI=1S/C23H23N3O4/c1-26(15-18-9-10-20(29-2)13-21(18)30-3)23(28)16-6-4-8-19(12-16)25-22(27)17-7-5-11-24-14-17/h4-14H,15H2,1-3H3,(H,25,27). The molecule has 154 valence electrons. The van der Waals surface area contributed by atoms with Gasteiger partial charge in [-0.3, -0.25) is 14.6 Å². The van der Waals surface area contributed by atoms with Gasteiger partial charge in [-0.15, -0.1) is 0 Å². The molecule has 1 heterocycles. The lowest BCUT2D eigenvalue weighted by Gasteiger charge is -2.20. The van der Waals surface area contributed by atoms with Crippen LogP contribution >= 0.6 is 0 Å². The smallest absolute Gasteiger partial charge is 0.257 e. The number of carbonyl (C=O) groups is 2. The van der Waals surface area contributed by atoms with E-state index in [0.29, 0.717) is 34.9 Å². The average Bonchev–Trinajstić information content (AvgIpc) is 2.79. The fourth-order valence-corrected chi connectivity index (χ4v) is 2.96. The molecule has 0 saturated heterocycles. The molecule has 30 heavy (non-hydrogen) atoms. The number of rotatable bonds is 7. The predicted molar refractivity (Wildman–Crippen MR) is 114 cm³/mol. The number of carbonyl (C=O) groups excluding carboxylic acids is 2. The molecule has 0 fully saturated rings. The molecule has 0 aliphatic heterocycles. The van der Waals surface area contributed by atoms with Gasteiger partial charge in [-0.25, -0.2) is 0 Å². The maximum absolute atomic E-state index is 12.9. The van der Waals surface area contributed by atoms with E-state index in [1.807, 2.05) is 12.1 Å². The maximum atomic E-state index is 12.9. The molecular weight excluding hydrogens is 382 g/mol. The first-order chi connectivity index (χ1) is 14.5. The number of methoxy groups -OCH3 is 2. The maximum Gasteiger partial charge on any atom is 0.257 e. The minimum absolute atomic E-state index is 0.176. The lowest BCUT2D eigenvalue weighted by atomic mass is 10.1. The Bertz CT molecular complexity index is 1040. The number of pyridine rings is 1. The van der Waals surface area contributed by atoms with Crippen LogP contribution in [0, 0.1) is 0 Å². The Balaban J connectivity index is 1.72. The van der Waals surface area contributed by atoms with Crippen LogP contribution in [-0.2, 0) is 6.54 Å². The number of aromatic nitrogens is 1. The van der Waals surface area contributed by atoms with Gasteiger partial charge in [0, 0.05) is 48.9 Å².